The Kier molecular flexibility index (Phi) is 4.84. The lowest BCUT2D eigenvalue weighted by molar-refractivity contribution is 0.0697. The van der Waals surface area contributed by atoms with Gasteiger partial charge in [-0.3, -0.25) is 4.98 Å². The third-order valence-electron chi connectivity index (χ3n) is 4.81. The molecule has 3 aromatic heterocycles. The molecule has 3 heterocycles. The third-order valence-corrected chi connectivity index (χ3v) is 6.85. The van der Waals surface area contributed by atoms with Crippen molar-refractivity contribution in [2.24, 2.45) is 0 Å². The molecule has 0 fully saturated rings. The molecule has 2 aromatic carbocycles. The van der Waals surface area contributed by atoms with Crippen LogP contribution in [0.4, 0.5) is 5.82 Å². The lowest BCUT2D eigenvalue weighted by Crippen LogP contribution is -2.03. The van der Waals surface area contributed by atoms with Gasteiger partial charge in [-0.25, -0.2) is 9.78 Å². The number of rotatable bonds is 4. The van der Waals surface area contributed by atoms with Gasteiger partial charge in [0.05, 0.1) is 21.7 Å². The molecule has 31 heavy (non-hydrogen) atoms. The second kappa shape index (κ2) is 7.68. The number of carboxylic acids is 1. The van der Waals surface area contributed by atoms with Crippen LogP contribution in [-0.2, 0) is 0 Å². The van der Waals surface area contributed by atoms with E-state index >= 15 is 0 Å². The van der Waals surface area contributed by atoms with E-state index in [1.165, 1.54) is 11.8 Å². The number of carboxylic acid groups (broad SMARTS) is 1. The highest BCUT2D eigenvalue weighted by Crippen LogP contribution is 2.37. The average Bonchev–Trinajstić information content (AvgIpc) is 3.21. The molecule has 5 aromatic rings. The first-order valence-electron chi connectivity index (χ1n) is 9.20. The molecule has 3 N–H and O–H groups in total. The molecule has 9 heteroatoms. The Hall–Kier alpha value is -3.43. The quantitative estimate of drug-likeness (QED) is 0.335. The van der Waals surface area contributed by atoms with Gasteiger partial charge >= 0.3 is 5.97 Å². The van der Waals surface area contributed by atoms with Crippen LogP contribution < -0.4 is 5.73 Å². The number of pyridine rings is 1. The smallest absolute Gasteiger partial charge is 0.335 e. The summed E-state index contributed by atoms with van der Waals surface area (Å²) >= 11 is 4.90. The molecule has 0 bridgehead atoms. The molecule has 0 unspecified atom stereocenters. The van der Waals surface area contributed by atoms with E-state index in [-0.39, 0.29) is 5.56 Å². The standard InChI is InChI=1S/C22H14BrN5O2S/c23-18-19(24)28-20(27-21(18)31-15-7-5-12(6-8-15)22(29)30)16(11-26-28)14-9-13-3-1-2-4-17(13)25-10-14/h1-11H,24H2,(H,29,30). The van der Waals surface area contributed by atoms with Crippen LogP contribution in [0.5, 0.6) is 0 Å². The van der Waals surface area contributed by atoms with Gasteiger partial charge in [0.15, 0.2) is 5.65 Å². The van der Waals surface area contributed by atoms with Gasteiger partial charge in [-0.05, 0) is 52.3 Å². The van der Waals surface area contributed by atoms with Crippen molar-refractivity contribution in [2.45, 2.75) is 9.92 Å². The van der Waals surface area contributed by atoms with Crippen LogP contribution in [0.15, 0.2) is 81.4 Å². The van der Waals surface area contributed by atoms with Gasteiger partial charge in [-0.15, -0.1) is 0 Å². The summed E-state index contributed by atoms with van der Waals surface area (Å²) in [7, 11) is 0. The largest absolute Gasteiger partial charge is 0.478 e. The van der Waals surface area contributed by atoms with E-state index in [4.69, 9.17) is 15.8 Å². The molecule has 7 nitrogen and oxygen atoms in total. The van der Waals surface area contributed by atoms with Gasteiger partial charge in [-0.1, -0.05) is 30.0 Å². The molecule has 0 aliphatic heterocycles. The number of hydrogen-bond acceptors (Lipinski definition) is 6. The average molecular weight is 492 g/mol. The Labute approximate surface area is 189 Å². The van der Waals surface area contributed by atoms with Crippen molar-refractivity contribution in [1.29, 1.82) is 0 Å². The molecule has 0 saturated heterocycles. The highest BCUT2D eigenvalue weighted by molar-refractivity contribution is 9.10. The zero-order valence-corrected chi connectivity index (χ0v) is 18.3. The zero-order chi connectivity index (χ0) is 21.5. The molecule has 152 valence electrons. The van der Waals surface area contributed by atoms with Crippen molar-refractivity contribution in [2.75, 3.05) is 5.73 Å². The fourth-order valence-electron chi connectivity index (χ4n) is 3.24. The summed E-state index contributed by atoms with van der Waals surface area (Å²) in [5.74, 6) is -0.538. The van der Waals surface area contributed by atoms with Crippen LogP contribution in [0, 0.1) is 0 Å². The highest BCUT2D eigenvalue weighted by atomic mass is 79.9. The summed E-state index contributed by atoms with van der Waals surface area (Å²) < 4.78 is 2.21. The topological polar surface area (TPSA) is 106 Å². The lowest BCUT2D eigenvalue weighted by Gasteiger charge is -2.09. The Morgan fingerprint density at radius 3 is 2.65 bits per heavy atom. The Morgan fingerprint density at radius 2 is 1.87 bits per heavy atom. The Balaban J connectivity index is 1.60. The summed E-state index contributed by atoms with van der Waals surface area (Å²) in [5.41, 5.74) is 9.80. The van der Waals surface area contributed by atoms with Crippen molar-refractivity contribution in [1.82, 2.24) is 19.6 Å². The van der Waals surface area contributed by atoms with Crippen LogP contribution in [-0.4, -0.2) is 30.7 Å². The van der Waals surface area contributed by atoms with Gasteiger partial charge in [0.25, 0.3) is 0 Å². The first kappa shape index (κ1) is 19.5. The number of halogens is 1. The summed E-state index contributed by atoms with van der Waals surface area (Å²) in [6.07, 6.45) is 3.53. The van der Waals surface area contributed by atoms with E-state index in [1.807, 2.05) is 24.3 Å². The van der Waals surface area contributed by atoms with Gasteiger partial charge in [0.2, 0.25) is 0 Å². The predicted molar refractivity (Wildman–Crippen MR) is 123 cm³/mol. The normalized spacial score (nSPS) is 11.3. The van der Waals surface area contributed by atoms with Crippen molar-refractivity contribution in [3.8, 4) is 11.1 Å². The number of aromatic nitrogens is 4. The number of nitrogens with two attached hydrogens (primary N) is 1. The first-order chi connectivity index (χ1) is 15.0. The number of aromatic carboxylic acids is 1. The fraction of sp³-hybridized carbons (Fsp3) is 0. The van der Waals surface area contributed by atoms with Crippen LogP contribution in [0.2, 0.25) is 0 Å². The molecule has 0 saturated carbocycles. The van der Waals surface area contributed by atoms with E-state index in [0.717, 1.165) is 26.9 Å². The van der Waals surface area contributed by atoms with Gasteiger partial charge in [0, 0.05) is 27.6 Å². The lowest BCUT2D eigenvalue weighted by atomic mass is 10.1. The molecule has 0 aliphatic rings. The Bertz CT molecular complexity index is 1470. The number of nitrogens with zero attached hydrogens (tertiary/aromatic N) is 4. The summed E-state index contributed by atoms with van der Waals surface area (Å²) in [6, 6.07) is 16.6. The monoisotopic (exact) mass is 491 g/mol. The maximum Gasteiger partial charge on any atom is 0.335 e. The number of benzene rings is 2. The van der Waals surface area contributed by atoms with Crippen LogP contribution in [0.3, 0.4) is 0 Å². The van der Waals surface area contributed by atoms with Crippen LogP contribution >= 0.6 is 27.7 Å². The highest BCUT2D eigenvalue weighted by Gasteiger charge is 2.17. The number of anilines is 1. The van der Waals surface area contributed by atoms with Crippen molar-refractivity contribution in [3.63, 3.8) is 0 Å². The molecular weight excluding hydrogens is 478 g/mol. The van der Waals surface area contributed by atoms with Gasteiger partial charge < -0.3 is 10.8 Å². The number of carbonyl (C=O) groups is 1. The minimum Gasteiger partial charge on any atom is -0.478 e. The summed E-state index contributed by atoms with van der Waals surface area (Å²) in [4.78, 5) is 21.3. The number of hydrogen-bond donors (Lipinski definition) is 2. The molecule has 0 aliphatic carbocycles. The van der Waals surface area contributed by atoms with E-state index in [1.54, 1.807) is 41.2 Å². The third kappa shape index (κ3) is 3.51. The molecular formula is C22H14BrN5O2S. The van der Waals surface area contributed by atoms with Gasteiger partial charge in [0.1, 0.15) is 10.8 Å². The molecule has 0 atom stereocenters. The van der Waals surface area contributed by atoms with E-state index in [9.17, 15) is 4.79 Å². The molecule has 0 spiro atoms. The van der Waals surface area contributed by atoms with Crippen molar-refractivity contribution >= 4 is 56.0 Å². The first-order valence-corrected chi connectivity index (χ1v) is 10.8. The number of para-hydroxylation sites is 1. The zero-order valence-electron chi connectivity index (χ0n) is 15.9. The minimum atomic E-state index is -0.964. The maximum atomic E-state index is 11.1. The molecule has 0 amide bonds. The molecule has 5 rings (SSSR count). The van der Waals surface area contributed by atoms with Crippen molar-refractivity contribution in [3.05, 3.63) is 77.0 Å². The summed E-state index contributed by atoms with van der Waals surface area (Å²) in [5, 5.41) is 15.2. The number of fused-ring (bicyclic) bond motifs is 2. The second-order valence-electron chi connectivity index (χ2n) is 6.76. The van der Waals surface area contributed by atoms with Crippen LogP contribution in [0.1, 0.15) is 10.4 Å². The maximum absolute atomic E-state index is 11.1. The van der Waals surface area contributed by atoms with Crippen molar-refractivity contribution < 1.29 is 9.90 Å². The Morgan fingerprint density at radius 1 is 1.10 bits per heavy atom. The number of nitrogen functional groups attached to an aromatic ring is 1. The minimum absolute atomic E-state index is 0.230. The summed E-state index contributed by atoms with van der Waals surface area (Å²) in [6.45, 7) is 0. The van der Waals surface area contributed by atoms with Gasteiger partial charge in [-0.2, -0.15) is 9.61 Å². The van der Waals surface area contributed by atoms with E-state index in [0.29, 0.717) is 21.0 Å². The molecule has 0 radical (unpaired) electrons. The SMILES string of the molecule is Nc1c(Br)c(Sc2ccc(C(=O)O)cc2)nc2c(-c3cnc4ccccc4c3)cnn12. The fourth-order valence-corrected chi connectivity index (χ4v) is 4.56. The second-order valence-corrected chi connectivity index (χ2v) is 8.61. The predicted octanol–water partition coefficient (Wildman–Crippen LogP) is 5.14. The van der Waals surface area contributed by atoms with Crippen LogP contribution in [0.25, 0.3) is 27.7 Å². The van der Waals surface area contributed by atoms with E-state index in [2.05, 4.69) is 32.1 Å². The van der Waals surface area contributed by atoms with E-state index < -0.39 is 5.97 Å².